The van der Waals surface area contributed by atoms with Gasteiger partial charge in [-0.1, -0.05) is 24.3 Å². The molecule has 0 aliphatic heterocycles. The number of aromatic amines is 1. The molecule has 0 radical (unpaired) electrons. The van der Waals surface area contributed by atoms with Crippen LogP contribution in [0.1, 0.15) is 5.56 Å². The minimum atomic E-state index is -3.58. The van der Waals surface area contributed by atoms with Gasteiger partial charge in [0.15, 0.2) is 0 Å². The zero-order valence-electron chi connectivity index (χ0n) is 14.8. The number of hydrogen-bond acceptors (Lipinski definition) is 3. The summed E-state index contributed by atoms with van der Waals surface area (Å²) in [6, 6.07) is 13.2. The summed E-state index contributed by atoms with van der Waals surface area (Å²) in [5, 5.41) is 3.54. The Hall–Kier alpha value is -2.71. The van der Waals surface area contributed by atoms with Crippen LogP contribution < -0.4 is 5.32 Å². The second-order valence-electron chi connectivity index (χ2n) is 6.26. The standard InChI is InChI=1S/C19H20FN3O3S/c1-27(25,26)23(13-19(24)22-16-6-4-5-15(20)11-16)10-9-14-12-21-18-8-3-2-7-17(14)18/h2-8,11-12,21H,9-10,13H2,1H3,(H,22,24). The van der Waals surface area contributed by atoms with Gasteiger partial charge in [0, 0.05) is 29.3 Å². The summed E-state index contributed by atoms with van der Waals surface area (Å²) in [5.41, 5.74) is 2.23. The molecule has 0 aliphatic carbocycles. The van der Waals surface area contributed by atoms with Crippen molar-refractivity contribution in [1.82, 2.24) is 9.29 Å². The van der Waals surface area contributed by atoms with E-state index in [0.29, 0.717) is 6.42 Å². The van der Waals surface area contributed by atoms with Gasteiger partial charge in [0.05, 0.1) is 12.8 Å². The Morgan fingerprint density at radius 1 is 1.19 bits per heavy atom. The largest absolute Gasteiger partial charge is 0.361 e. The molecule has 142 valence electrons. The zero-order valence-corrected chi connectivity index (χ0v) is 15.6. The molecule has 2 N–H and O–H groups in total. The molecule has 0 atom stereocenters. The monoisotopic (exact) mass is 389 g/mol. The van der Waals surface area contributed by atoms with E-state index in [1.54, 1.807) is 0 Å². The van der Waals surface area contributed by atoms with Crippen LogP contribution in [0.5, 0.6) is 0 Å². The number of rotatable bonds is 7. The molecule has 0 aliphatic rings. The molecule has 8 heteroatoms. The maximum absolute atomic E-state index is 13.2. The van der Waals surface area contributed by atoms with Gasteiger partial charge in [0.1, 0.15) is 5.82 Å². The lowest BCUT2D eigenvalue weighted by Gasteiger charge is -2.19. The number of benzene rings is 2. The van der Waals surface area contributed by atoms with Gasteiger partial charge in [-0.15, -0.1) is 0 Å². The van der Waals surface area contributed by atoms with Crippen molar-refractivity contribution in [2.24, 2.45) is 0 Å². The SMILES string of the molecule is CS(=O)(=O)N(CCc1c[nH]c2ccccc12)CC(=O)Nc1cccc(F)c1. The number of carbonyl (C=O) groups is 1. The van der Waals surface area contributed by atoms with E-state index in [1.807, 2.05) is 30.5 Å². The van der Waals surface area contributed by atoms with Crippen LogP contribution in [0.25, 0.3) is 10.9 Å². The lowest BCUT2D eigenvalue weighted by atomic mass is 10.1. The summed E-state index contributed by atoms with van der Waals surface area (Å²) in [5.74, 6) is -1.00. The van der Waals surface area contributed by atoms with E-state index < -0.39 is 21.7 Å². The van der Waals surface area contributed by atoms with Gasteiger partial charge >= 0.3 is 0 Å². The molecule has 0 spiro atoms. The highest BCUT2D eigenvalue weighted by Gasteiger charge is 2.20. The summed E-state index contributed by atoms with van der Waals surface area (Å²) < 4.78 is 38.5. The van der Waals surface area contributed by atoms with Crippen LogP contribution in [-0.4, -0.2) is 43.0 Å². The first kappa shape index (κ1) is 19.1. The zero-order chi connectivity index (χ0) is 19.4. The first-order valence-electron chi connectivity index (χ1n) is 8.38. The molecule has 1 heterocycles. The van der Waals surface area contributed by atoms with Crippen LogP contribution in [0.4, 0.5) is 10.1 Å². The van der Waals surface area contributed by atoms with Gasteiger partial charge in [-0.25, -0.2) is 12.8 Å². The Morgan fingerprint density at radius 3 is 2.70 bits per heavy atom. The van der Waals surface area contributed by atoms with Crippen LogP contribution in [0, 0.1) is 5.82 Å². The summed E-state index contributed by atoms with van der Waals surface area (Å²) in [7, 11) is -3.58. The van der Waals surface area contributed by atoms with Gasteiger partial charge in [0.25, 0.3) is 0 Å². The molecule has 3 rings (SSSR count). The molecule has 1 amide bonds. The number of nitrogens with one attached hydrogen (secondary N) is 2. The number of anilines is 1. The van der Waals surface area contributed by atoms with Gasteiger partial charge in [-0.3, -0.25) is 4.79 Å². The highest BCUT2D eigenvalue weighted by atomic mass is 32.2. The Balaban J connectivity index is 1.68. The van der Waals surface area contributed by atoms with Gasteiger partial charge < -0.3 is 10.3 Å². The summed E-state index contributed by atoms with van der Waals surface area (Å²) >= 11 is 0. The number of aromatic nitrogens is 1. The fourth-order valence-corrected chi connectivity index (χ4v) is 3.65. The number of H-pyrrole nitrogens is 1. The lowest BCUT2D eigenvalue weighted by molar-refractivity contribution is -0.116. The second kappa shape index (κ2) is 7.89. The fraction of sp³-hybridized carbons (Fsp3) is 0.211. The molecule has 0 unspecified atom stereocenters. The predicted molar refractivity (Wildman–Crippen MR) is 103 cm³/mol. The average molecular weight is 389 g/mol. The molecule has 6 nitrogen and oxygen atoms in total. The van der Waals surface area contributed by atoms with E-state index in [2.05, 4.69) is 10.3 Å². The number of hydrogen-bond donors (Lipinski definition) is 2. The first-order chi connectivity index (χ1) is 12.8. The van der Waals surface area contributed by atoms with Crippen molar-refractivity contribution in [3.63, 3.8) is 0 Å². The highest BCUT2D eigenvalue weighted by molar-refractivity contribution is 7.88. The molecule has 27 heavy (non-hydrogen) atoms. The molecule has 1 aromatic heterocycles. The van der Waals surface area contributed by atoms with Gasteiger partial charge in [0.2, 0.25) is 15.9 Å². The predicted octanol–water partition coefficient (Wildman–Crippen LogP) is 2.75. The number of fused-ring (bicyclic) bond motifs is 1. The Labute approximate surface area is 157 Å². The first-order valence-corrected chi connectivity index (χ1v) is 10.2. The van der Waals surface area contributed by atoms with Crippen LogP contribution in [-0.2, 0) is 21.2 Å². The quantitative estimate of drug-likeness (QED) is 0.652. The number of nitrogens with zero attached hydrogens (tertiary/aromatic N) is 1. The van der Waals surface area contributed by atoms with Crippen molar-refractivity contribution in [3.8, 4) is 0 Å². The molecule has 3 aromatic rings. The summed E-state index contributed by atoms with van der Waals surface area (Å²) in [6.07, 6.45) is 3.37. The van der Waals surface area contributed by atoms with E-state index >= 15 is 0 Å². The van der Waals surface area contributed by atoms with Crippen LogP contribution in [0.3, 0.4) is 0 Å². The van der Waals surface area contributed by atoms with Gasteiger partial charge in [-0.2, -0.15) is 4.31 Å². The van der Waals surface area contributed by atoms with E-state index in [0.717, 1.165) is 27.0 Å². The lowest BCUT2D eigenvalue weighted by Crippen LogP contribution is -2.38. The van der Waals surface area contributed by atoms with Crippen molar-refractivity contribution in [3.05, 3.63) is 66.1 Å². The van der Waals surface area contributed by atoms with Crippen LogP contribution in [0.15, 0.2) is 54.7 Å². The number of para-hydroxylation sites is 1. The maximum Gasteiger partial charge on any atom is 0.239 e. The van der Waals surface area contributed by atoms with E-state index in [9.17, 15) is 17.6 Å². The Kier molecular flexibility index (Phi) is 5.57. The number of sulfonamides is 1. The topological polar surface area (TPSA) is 82.3 Å². The van der Waals surface area contributed by atoms with Crippen molar-refractivity contribution in [1.29, 1.82) is 0 Å². The number of halogens is 1. The summed E-state index contributed by atoms with van der Waals surface area (Å²) in [6.45, 7) is -0.172. The van der Waals surface area contributed by atoms with Crippen molar-refractivity contribution in [2.45, 2.75) is 6.42 Å². The molecule has 0 saturated heterocycles. The van der Waals surface area contributed by atoms with Gasteiger partial charge in [-0.05, 0) is 36.2 Å². The van der Waals surface area contributed by atoms with E-state index in [-0.39, 0.29) is 18.8 Å². The van der Waals surface area contributed by atoms with Crippen molar-refractivity contribution >= 4 is 32.5 Å². The number of carbonyl (C=O) groups excluding carboxylic acids is 1. The third kappa shape index (κ3) is 4.93. The average Bonchev–Trinajstić information content (AvgIpc) is 3.01. The second-order valence-corrected chi connectivity index (χ2v) is 8.25. The molecular formula is C19H20FN3O3S. The van der Waals surface area contributed by atoms with E-state index in [4.69, 9.17) is 0 Å². The minimum Gasteiger partial charge on any atom is -0.361 e. The molecule has 0 saturated carbocycles. The van der Waals surface area contributed by atoms with Crippen LogP contribution in [0.2, 0.25) is 0 Å². The summed E-state index contributed by atoms with van der Waals surface area (Å²) in [4.78, 5) is 15.4. The number of amides is 1. The molecule has 0 fully saturated rings. The van der Waals surface area contributed by atoms with Crippen molar-refractivity contribution in [2.75, 3.05) is 24.7 Å². The highest BCUT2D eigenvalue weighted by Crippen LogP contribution is 2.18. The maximum atomic E-state index is 13.2. The Morgan fingerprint density at radius 2 is 1.96 bits per heavy atom. The Bertz CT molecular complexity index is 1060. The third-order valence-corrected chi connectivity index (χ3v) is 5.45. The normalized spacial score (nSPS) is 11.8. The fourth-order valence-electron chi connectivity index (χ4n) is 2.87. The molecular weight excluding hydrogens is 369 g/mol. The minimum absolute atomic E-state index is 0.164. The molecule has 0 bridgehead atoms. The third-order valence-electron chi connectivity index (χ3n) is 4.20. The smallest absolute Gasteiger partial charge is 0.239 e. The van der Waals surface area contributed by atoms with Crippen molar-refractivity contribution < 1.29 is 17.6 Å². The molecule has 2 aromatic carbocycles. The van der Waals surface area contributed by atoms with E-state index in [1.165, 1.54) is 24.3 Å². The van der Waals surface area contributed by atoms with Crippen LogP contribution >= 0.6 is 0 Å².